The maximum atomic E-state index is 6.47. The van der Waals surface area contributed by atoms with E-state index >= 15 is 0 Å². The molecule has 0 radical (unpaired) electrons. The van der Waals surface area contributed by atoms with Crippen LogP contribution in [0.25, 0.3) is 89.5 Å². The van der Waals surface area contributed by atoms with Crippen molar-refractivity contribution in [3.05, 3.63) is 176 Å². The highest BCUT2D eigenvalue weighted by Gasteiger charge is 2.18. The molecule has 0 unspecified atom stereocenters. The predicted octanol–water partition coefficient (Wildman–Crippen LogP) is 11.8. The summed E-state index contributed by atoms with van der Waals surface area (Å²) in [5.74, 6) is 1.88. The van der Waals surface area contributed by atoms with Crippen molar-refractivity contribution in [1.29, 1.82) is 0 Å². The highest BCUT2D eigenvalue weighted by atomic mass is 16.3. The first kappa shape index (κ1) is 28.6. The first-order chi connectivity index (χ1) is 24.3. The molecular weight excluding hydrogens is 599 g/mol. The highest BCUT2D eigenvalue weighted by molar-refractivity contribution is 6.13. The molecule has 0 fully saturated rings. The van der Waals surface area contributed by atoms with Gasteiger partial charge in [-0.2, -0.15) is 0 Å². The second-order valence-corrected chi connectivity index (χ2v) is 12.1. The Bertz CT molecular complexity index is 2460. The van der Waals surface area contributed by atoms with Crippen molar-refractivity contribution in [3.63, 3.8) is 0 Å². The molecule has 0 saturated carbocycles. The lowest BCUT2D eigenvalue weighted by molar-refractivity contribution is 0.669. The van der Waals surface area contributed by atoms with Crippen molar-refractivity contribution in [2.75, 3.05) is 0 Å². The highest BCUT2D eigenvalue weighted by Crippen LogP contribution is 2.41. The number of nitrogens with zero attached hydrogens (tertiary/aromatic N) is 3. The second-order valence-electron chi connectivity index (χ2n) is 12.1. The van der Waals surface area contributed by atoms with Crippen LogP contribution in [0.1, 0.15) is 0 Å². The molecule has 0 aliphatic rings. The quantitative estimate of drug-likeness (QED) is 0.184. The summed E-state index contributed by atoms with van der Waals surface area (Å²) in [4.78, 5) is 14.9. The number of fused-ring (bicyclic) bond motifs is 3. The molecule has 0 atom stereocenters. The van der Waals surface area contributed by atoms with E-state index in [1.807, 2.05) is 78.9 Å². The van der Waals surface area contributed by atoms with Gasteiger partial charge in [-0.3, -0.25) is 0 Å². The zero-order valence-corrected chi connectivity index (χ0v) is 26.5. The van der Waals surface area contributed by atoms with Crippen LogP contribution in [0.15, 0.2) is 180 Å². The third kappa shape index (κ3) is 5.45. The van der Waals surface area contributed by atoms with Gasteiger partial charge in [0, 0.05) is 27.5 Å². The lowest BCUT2D eigenvalue weighted by Crippen LogP contribution is -2.00. The van der Waals surface area contributed by atoms with Crippen LogP contribution in [-0.4, -0.2) is 15.0 Å². The molecule has 9 rings (SSSR count). The van der Waals surface area contributed by atoms with E-state index in [0.29, 0.717) is 17.5 Å². The Morgan fingerprint density at radius 3 is 1.31 bits per heavy atom. The number of furan rings is 1. The fourth-order valence-electron chi connectivity index (χ4n) is 6.52. The van der Waals surface area contributed by atoms with E-state index in [1.165, 1.54) is 11.1 Å². The monoisotopic (exact) mass is 627 g/mol. The number of rotatable bonds is 6. The van der Waals surface area contributed by atoms with Gasteiger partial charge in [0.15, 0.2) is 17.5 Å². The third-order valence-electron chi connectivity index (χ3n) is 8.91. The summed E-state index contributed by atoms with van der Waals surface area (Å²) >= 11 is 0. The molecule has 0 spiro atoms. The minimum absolute atomic E-state index is 0.610. The first-order valence-electron chi connectivity index (χ1n) is 16.4. The molecule has 2 heterocycles. The van der Waals surface area contributed by atoms with Crippen LogP contribution in [0, 0.1) is 0 Å². The van der Waals surface area contributed by atoms with E-state index < -0.39 is 0 Å². The molecule has 2 aromatic heterocycles. The van der Waals surface area contributed by atoms with Crippen molar-refractivity contribution in [3.8, 4) is 67.5 Å². The molecule has 4 nitrogen and oxygen atoms in total. The van der Waals surface area contributed by atoms with Crippen molar-refractivity contribution in [2.24, 2.45) is 0 Å². The number of benzene rings is 7. The van der Waals surface area contributed by atoms with Gasteiger partial charge in [-0.15, -0.1) is 0 Å². The smallest absolute Gasteiger partial charge is 0.164 e. The van der Waals surface area contributed by atoms with E-state index in [4.69, 9.17) is 19.4 Å². The Balaban J connectivity index is 1.25. The zero-order valence-electron chi connectivity index (χ0n) is 26.5. The Hall–Kier alpha value is -6.65. The molecule has 0 N–H and O–H groups in total. The summed E-state index contributed by atoms with van der Waals surface area (Å²) < 4.78 is 6.47. The molecule has 0 amide bonds. The summed E-state index contributed by atoms with van der Waals surface area (Å²) in [5.41, 5.74) is 11.3. The standard InChI is InChI=1S/C45H29N3O/c1-5-14-30(15-6-1)35-26-36(31-16-7-2-8-17-31)28-37(27-35)38-22-13-23-41-42(38)39-29-34(24-25-40(39)49-41)45-47-43(32-18-9-3-10-19-32)46-44(48-45)33-20-11-4-12-21-33/h1-29H. The summed E-state index contributed by atoms with van der Waals surface area (Å²) in [6.45, 7) is 0. The summed E-state index contributed by atoms with van der Waals surface area (Å²) in [6, 6.07) is 60.6. The van der Waals surface area contributed by atoms with E-state index in [1.54, 1.807) is 0 Å². The van der Waals surface area contributed by atoms with Crippen LogP contribution >= 0.6 is 0 Å². The van der Waals surface area contributed by atoms with Gasteiger partial charge in [0.2, 0.25) is 0 Å². The van der Waals surface area contributed by atoms with Gasteiger partial charge in [0.05, 0.1) is 0 Å². The zero-order chi connectivity index (χ0) is 32.6. The van der Waals surface area contributed by atoms with E-state index in [2.05, 4.69) is 97.1 Å². The maximum Gasteiger partial charge on any atom is 0.164 e. The second kappa shape index (κ2) is 12.2. The third-order valence-corrected chi connectivity index (χ3v) is 8.91. The molecule has 0 aliphatic carbocycles. The van der Waals surface area contributed by atoms with Crippen LogP contribution in [-0.2, 0) is 0 Å². The van der Waals surface area contributed by atoms with Crippen molar-refractivity contribution >= 4 is 21.9 Å². The largest absolute Gasteiger partial charge is 0.456 e. The van der Waals surface area contributed by atoms with E-state index in [0.717, 1.165) is 60.9 Å². The number of aromatic nitrogens is 3. The molecule has 4 heteroatoms. The van der Waals surface area contributed by atoms with E-state index in [-0.39, 0.29) is 0 Å². The molecular formula is C45H29N3O. The van der Waals surface area contributed by atoms with E-state index in [9.17, 15) is 0 Å². The molecule has 0 aliphatic heterocycles. The molecule has 0 saturated heterocycles. The van der Waals surface area contributed by atoms with Gasteiger partial charge in [-0.1, -0.05) is 133 Å². The average Bonchev–Trinajstić information content (AvgIpc) is 3.57. The normalized spacial score (nSPS) is 11.3. The fraction of sp³-hybridized carbons (Fsp3) is 0. The number of hydrogen-bond acceptors (Lipinski definition) is 4. The van der Waals surface area contributed by atoms with Crippen molar-refractivity contribution in [2.45, 2.75) is 0 Å². The Morgan fingerprint density at radius 1 is 0.306 bits per heavy atom. The van der Waals surface area contributed by atoms with Crippen molar-refractivity contribution < 1.29 is 4.42 Å². The molecule has 0 bridgehead atoms. The number of hydrogen-bond donors (Lipinski definition) is 0. The van der Waals surface area contributed by atoms with Gasteiger partial charge in [-0.05, 0) is 75.8 Å². The topological polar surface area (TPSA) is 51.8 Å². The minimum Gasteiger partial charge on any atom is -0.456 e. The van der Waals surface area contributed by atoms with Crippen LogP contribution < -0.4 is 0 Å². The lowest BCUT2D eigenvalue weighted by Gasteiger charge is -2.12. The molecule has 49 heavy (non-hydrogen) atoms. The summed E-state index contributed by atoms with van der Waals surface area (Å²) in [7, 11) is 0. The Kier molecular flexibility index (Phi) is 7.10. The SMILES string of the molecule is c1ccc(-c2cc(-c3ccccc3)cc(-c3cccc4oc5ccc(-c6nc(-c7ccccc7)nc(-c7ccccc7)n6)cc5c34)c2)cc1. The van der Waals surface area contributed by atoms with Gasteiger partial charge >= 0.3 is 0 Å². The predicted molar refractivity (Wildman–Crippen MR) is 200 cm³/mol. The lowest BCUT2D eigenvalue weighted by atomic mass is 9.91. The molecule has 230 valence electrons. The molecule has 7 aromatic carbocycles. The van der Waals surface area contributed by atoms with Gasteiger partial charge < -0.3 is 4.42 Å². The van der Waals surface area contributed by atoms with Crippen molar-refractivity contribution in [1.82, 2.24) is 15.0 Å². The Labute approximate surface area is 284 Å². The van der Waals surface area contributed by atoms with Crippen LogP contribution in [0.5, 0.6) is 0 Å². The maximum absolute atomic E-state index is 6.47. The molecule has 9 aromatic rings. The summed E-state index contributed by atoms with van der Waals surface area (Å²) in [5, 5.41) is 2.07. The average molecular weight is 628 g/mol. The van der Waals surface area contributed by atoms with Gasteiger partial charge in [0.25, 0.3) is 0 Å². The van der Waals surface area contributed by atoms with Gasteiger partial charge in [0.1, 0.15) is 11.2 Å². The van der Waals surface area contributed by atoms with Crippen LogP contribution in [0.2, 0.25) is 0 Å². The van der Waals surface area contributed by atoms with Gasteiger partial charge in [-0.25, -0.2) is 15.0 Å². The van der Waals surface area contributed by atoms with Crippen LogP contribution in [0.4, 0.5) is 0 Å². The first-order valence-corrected chi connectivity index (χ1v) is 16.4. The van der Waals surface area contributed by atoms with Crippen LogP contribution in [0.3, 0.4) is 0 Å². The minimum atomic E-state index is 0.610. The Morgan fingerprint density at radius 2 is 0.776 bits per heavy atom. The fourth-order valence-corrected chi connectivity index (χ4v) is 6.52. The summed E-state index contributed by atoms with van der Waals surface area (Å²) in [6.07, 6.45) is 0.